The number of benzene rings is 1. The fraction of sp³-hybridized carbons (Fsp3) is 0.118. The van der Waals surface area contributed by atoms with Gasteiger partial charge in [-0.3, -0.25) is 9.78 Å². The number of amides is 1. The molecule has 0 radical (unpaired) electrons. The minimum Gasteiger partial charge on any atom is -0.479 e. The van der Waals surface area contributed by atoms with Gasteiger partial charge in [-0.2, -0.15) is 5.10 Å². The van der Waals surface area contributed by atoms with E-state index in [2.05, 4.69) is 15.5 Å². The van der Waals surface area contributed by atoms with Gasteiger partial charge in [-0.15, -0.1) is 0 Å². The van der Waals surface area contributed by atoms with Crippen LogP contribution in [0.15, 0.2) is 64.4 Å². The summed E-state index contributed by atoms with van der Waals surface area (Å²) in [5.41, 5.74) is 3.13. The highest BCUT2D eigenvalue weighted by molar-refractivity contribution is 5.86. The topological polar surface area (TPSA) is 76.7 Å². The fourth-order valence-corrected chi connectivity index (χ4v) is 2.03. The molecule has 0 spiro atoms. The largest absolute Gasteiger partial charge is 0.479 e. The summed E-state index contributed by atoms with van der Waals surface area (Å²) < 4.78 is 10.8. The number of carbonyl (C=O) groups is 1. The number of furan rings is 1. The van der Waals surface area contributed by atoms with Crippen molar-refractivity contribution in [3.63, 3.8) is 0 Å². The van der Waals surface area contributed by atoms with Crippen molar-refractivity contribution < 1.29 is 13.9 Å². The maximum absolute atomic E-state index is 12.0. The van der Waals surface area contributed by atoms with Crippen molar-refractivity contribution in [3.8, 4) is 5.75 Å². The first-order chi connectivity index (χ1) is 11.2. The first kappa shape index (κ1) is 14.8. The second-order valence-electron chi connectivity index (χ2n) is 4.84. The monoisotopic (exact) mass is 309 g/mol. The van der Waals surface area contributed by atoms with Crippen molar-refractivity contribution in [1.82, 2.24) is 10.4 Å². The standard InChI is InChI=1S/C17H15N3O3/c1-12(17(21)20-19-11-14-7-4-10-22-14)23-15-8-2-5-13-6-3-9-18-16(13)15/h2-12H,1H3,(H,20,21)/b19-11-/t12-/m0/s1. The van der Waals surface area contributed by atoms with Crippen molar-refractivity contribution in [1.29, 1.82) is 0 Å². The van der Waals surface area contributed by atoms with Crippen LogP contribution in [0.1, 0.15) is 12.7 Å². The van der Waals surface area contributed by atoms with Crippen molar-refractivity contribution in [2.75, 3.05) is 0 Å². The molecular formula is C17H15N3O3. The van der Waals surface area contributed by atoms with Crippen LogP contribution < -0.4 is 10.2 Å². The first-order valence-electron chi connectivity index (χ1n) is 7.11. The van der Waals surface area contributed by atoms with Gasteiger partial charge in [0.1, 0.15) is 17.0 Å². The van der Waals surface area contributed by atoms with Gasteiger partial charge in [0.05, 0.1) is 12.5 Å². The molecule has 0 saturated carbocycles. The molecule has 1 N–H and O–H groups in total. The summed E-state index contributed by atoms with van der Waals surface area (Å²) in [4.78, 5) is 16.3. The molecule has 116 valence electrons. The molecule has 6 nitrogen and oxygen atoms in total. The Hall–Kier alpha value is -3.15. The molecule has 3 rings (SSSR count). The van der Waals surface area contributed by atoms with Gasteiger partial charge in [-0.05, 0) is 31.2 Å². The second-order valence-corrected chi connectivity index (χ2v) is 4.84. The third kappa shape index (κ3) is 3.55. The molecule has 3 aromatic rings. The van der Waals surface area contributed by atoms with Crippen LogP contribution in [0.4, 0.5) is 0 Å². The SMILES string of the molecule is C[C@H](Oc1cccc2cccnc12)C(=O)N/N=C\c1ccco1. The average Bonchev–Trinajstić information content (AvgIpc) is 3.08. The van der Waals surface area contributed by atoms with E-state index in [1.165, 1.54) is 12.5 Å². The maximum Gasteiger partial charge on any atom is 0.280 e. The number of hydrogen-bond donors (Lipinski definition) is 1. The molecule has 1 atom stereocenters. The smallest absolute Gasteiger partial charge is 0.280 e. The van der Waals surface area contributed by atoms with E-state index in [-0.39, 0.29) is 5.91 Å². The Labute approximate surface area is 132 Å². The molecule has 0 unspecified atom stereocenters. The van der Waals surface area contributed by atoms with Crippen molar-refractivity contribution in [3.05, 3.63) is 60.7 Å². The van der Waals surface area contributed by atoms with Gasteiger partial charge in [0.15, 0.2) is 6.10 Å². The molecule has 0 fully saturated rings. The lowest BCUT2D eigenvalue weighted by atomic mass is 10.2. The number of nitrogens with one attached hydrogen (secondary N) is 1. The summed E-state index contributed by atoms with van der Waals surface area (Å²) in [6, 6.07) is 12.8. The van der Waals surface area contributed by atoms with Crippen LogP contribution in [0.2, 0.25) is 0 Å². The van der Waals surface area contributed by atoms with Gasteiger partial charge in [-0.25, -0.2) is 5.43 Å². The summed E-state index contributed by atoms with van der Waals surface area (Å²) in [6.07, 6.45) is 3.93. The highest BCUT2D eigenvalue weighted by Crippen LogP contribution is 2.23. The van der Waals surface area contributed by atoms with Crippen LogP contribution in [0.3, 0.4) is 0 Å². The molecule has 0 bridgehead atoms. The maximum atomic E-state index is 12.0. The van der Waals surface area contributed by atoms with E-state index in [0.29, 0.717) is 17.0 Å². The number of ether oxygens (including phenoxy) is 1. The zero-order valence-corrected chi connectivity index (χ0v) is 12.5. The van der Waals surface area contributed by atoms with Crippen molar-refractivity contribution in [2.24, 2.45) is 5.10 Å². The van der Waals surface area contributed by atoms with E-state index < -0.39 is 6.10 Å². The van der Waals surface area contributed by atoms with Crippen LogP contribution in [-0.2, 0) is 4.79 Å². The summed E-state index contributed by atoms with van der Waals surface area (Å²) >= 11 is 0. The number of pyridine rings is 1. The Balaban J connectivity index is 1.65. The highest BCUT2D eigenvalue weighted by Gasteiger charge is 2.15. The first-order valence-corrected chi connectivity index (χ1v) is 7.11. The molecule has 0 saturated heterocycles. The van der Waals surface area contributed by atoms with Crippen molar-refractivity contribution in [2.45, 2.75) is 13.0 Å². The Bertz CT molecular complexity index is 823. The van der Waals surface area contributed by atoms with Gasteiger partial charge in [-0.1, -0.05) is 18.2 Å². The van der Waals surface area contributed by atoms with Gasteiger partial charge in [0, 0.05) is 11.6 Å². The van der Waals surface area contributed by atoms with Gasteiger partial charge in [0.25, 0.3) is 5.91 Å². The molecule has 23 heavy (non-hydrogen) atoms. The molecule has 1 amide bonds. The molecule has 6 heteroatoms. The number of rotatable bonds is 5. The van der Waals surface area contributed by atoms with Crippen LogP contribution in [0, 0.1) is 0 Å². The predicted molar refractivity (Wildman–Crippen MR) is 86.3 cm³/mol. The zero-order chi connectivity index (χ0) is 16.1. The number of carbonyl (C=O) groups excluding carboxylic acids is 1. The Kier molecular flexibility index (Phi) is 4.33. The van der Waals surface area contributed by atoms with E-state index in [1.54, 1.807) is 31.3 Å². The summed E-state index contributed by atoms with van der Waals surface area (Å²) in [7, 11) is 0. The molecule has 1 aromatic carbocycles. The number of fused-ring (bicyclic) bond motifs is 1. The molecule has 2 aromatic heterocycles. The molecule has 0 aliphatic rings. The van der Waals surface area contributed by atoms with Gasteiger partial charge >= 0.3 is 0 Å². The van der Waals surface area contributed by atoms with Crippen molar-refractivity contribution >= 4 is 23.0 Å². The van der Waals surface area contributed by atoms with Gasteiger partial charge in [0.2, 0.25) is 0 Å². The van der Waals surface area contributed by atoms with Crippen LogP contribution in [0.5, 0.6) is 5.75 Å². The van der Waals surface area contributed by atoms with E-state index in [1.807, 2.05) is 24.3 Å². The fourth-order valence-electron chi connectivity index (χ4n) is 2.03. The number of aromatic nitrogens is 1. The number of hydrazone groups is 1. The van der Waals surface area contributed by atoms with Gasteiger partial charge < -0.3 is 9.15 Å². The zero-order valence-electron chi connectivity index (χ0n) is 12.5. The molecule has 0 aliphatic carbocycles. The minimum atomic E-state index is -0.712. The average molecular weight is 309 g/mol. The Morgan fingerprint density at radius 1 is 1.30 bits per heavy atom. The molecular weight excluding hydrogens is 294 g/mol. The van der Waals surface area contributed by atoms with E-state index in [9.17, 15) is 4.79 Å². The molecule has 2 heterocycles. The van der Waals surface area contributed by atoms with E-state index in [0.717, 1.165) is 5.39 Å². The van der Waals surface area contributed by atoms with Crippen LogP contribution in [0.25, 0.3) is 10.9 Å². The summed E-state index contributed by atoms with van der Waals surface area (Å²) in [5, 5.41) is 4.78. The lowest BCUT2D eigenvalue weighted by Crippen LogP contribution is -2.33. The second kappa shape index (κ2) is 6.74. The highest BCUT2D eigenvalue weighted by atomic mass is 16.5. The molecule has 0 aliphatic heterocycles. The number of para-hydroxylation sites is 1. The quantitative estimate of drug-likeness (QED) is 0.581. The van der Waals surface area contributed by atoms with E-state index in [4.69, 9.17) is 9.15 Å². The summed E-state index contributed by atoms with van der Waals surface area (Å²) in [6.45, 7) is 1.65. The third-order valence-corrected chi connectivity index (χ3v) is 3.18. The van der Waals surface area contributed by atoms with Crippen LogP contribution >= 0.6 is 0 Å². The van der Waals surface area contributed by atoms with Crippen LogP contribution in [-0.4, -0.2) is 23.2 Å². The normalized spacial score (nSPS) is 12.4. The lowest BCUT2D eigenvalue weighted by Gasteiger charge is -2.14. The Morgan fingerprint density at radius 2 is 2.17 bits per heavy atom. The third-order valence-electron chi connectivity index (χ3n) is 3.18. The summed E-state index contributed by atoms with van der Waals surface area (Å²) in [5.74, 6) is 0.749. The Morgan fingerprint density at radius 3 is 3.00 bits per heavy atom. The predicted octanol–water partition coefficient (Wildman–Crippen LogP) is 2.75. The lowest BCUT2D eigenvalue weighted by molar-refractivity contribution is -0.127. The minimum absolute atomic E-state index is 0.360. The van der Waals surface area contributed by atoms with E-state index >= 15 is 0 Å². The number of hydrogen-bond acceptors (Lipinski definition) is 5. The number of nitrogens with zero attached hydrogens (tertiary/aromatic N) is 2.